The molecule has 0 bridgehead atoms. The third-order valence-corrected chi connectivity index (χ3v) is 3.69. The highest BCUT2D eigenvalue weighted by Crippen LogP contribution is 2.34. The van der Waals surface area contributed by atoms with Gasteiger partial charge in [0.25, 0.3) is 5.69 Å². The number of pyridine rings is 1. The molecule has 2 rings (SSSR count). The fourth-order valence-electron chi connectivity index (χ4n) is 1.60. The maximum absolute atomic E-state index is 10.8. The Hall–Kier alpha value is -2.15. The predicted molar refractivity (Wildman–Crippen MR) is 79.4 cm³/mol. The number of nitro groups is 1. The van der Waals surface area contributed by atoms with E-state index in [0.29, 0.717) is 21.7 Å². The van der Waals surface area contributed by atoms with Gasteiger partial charge in [0, 0.05) is 18.3 Å². The number of hydrogen-bond donors (Lipinski definition) is 1. The van der Waals surface area contributed by atoms with Crippen LogP contribution in [0.25, 0.3) is 0 Å². The van der Waals surface area contributed by atoms with Crippen LogP contribution < -0.4 is 10.1 Å². The molecular formula is C13H12BrN3O3. The van der Waals surface area contributed by atoms with E-state index in [1.807, 2.05) is 19.2 Å². The molecule has 104 valence electrons. The van der Waals surface area contributed by atoms with E-state index in [0.717, 1.165) is 5.69 Å². The van der Waals surface area contributed by atoms with Gasteiger partial charge in [0.2, 0.25) is 5.88 Å². The van der Waals surface area contributed by atoms with Crippen LogP contribution >= 0.6 is 15.9 Å². The summed E-state index contributed by atoms with van der Waals surface area (Å²) in [7, 11) is 1.83. The van der Waals surface area contributed by atoms with Crippen LogP contribution in [0.1, 0.15) is 5.56 Å². The largest absolute Gasteiger partial charge is 0.438 e. The lowest BCUT2D eigenvalue weighted by molar-refractivity contribution is -0.385. The Labute approximate surface area is 124 Å². The SMILES string of the molecule is CNc1ccc(Oc2ncc([N+](=O)[O-])c(C)c2Br)cc1. The van der Waals surface area contributed by atoms with E-state index < -0.39 is 4.92 Å². The molecule has 0 amide bonds. The van der Waals surface area contributed by atoms with Gasteiger partial charge in [-0.1, -0.05) is 0 Å². The van der Waals surface area contributed by atoms with Gasteiger partial charge in [0.05, 0.1) is 9.40 Å². The summed E-state index contributed by atoms with van der Waals surface area (Å²) in [6, 6.07) is 7.30. The number of halogens is 1. The molecule has 6 nitrogen and oxygen atoms in total. The van der Waals surface area contributed by atoms with Crippen molar-refractivity contribution in [2.45, 2.75) is 6.92 Å². The van der Waals surface area contributed by atoms with Gasteiger partial charge in [-0.25, -0.2) is 4.98 Å². The normalized spacial score (nSPS) is 10.2. The standard InChI is InChI=1S/C13H12BrN3O3/c1-8-11(17(18)19)7-16-13(12(8)14)20-10-5-3-9(15-2)4-6-10/h3-7,15H,1-2H3. The van der Waals surface area contributed by atoms with Gasteiger partial charge >= 0.3 is 0 Å². The van der Waals surface area contributed by atoms with Gasteiger partial charge in [-0.05, 0) is 47.1 Å². The zero-order valence-corrected chi connectivity index (χ0v) is 12.5. The molecule has 2 aromatic rings. The van der Waals surface area contributed by atoms with Crippen molar-refractivity contribution < 1.29 is 9.66 Å². The molecule has 0 aliphatic rings. The maximum Gasteiger partial charge on any atom is 0.291 e. The van der Waals surface area contributed by atoms with Crippen LogP contribution in [-0.2, 0) is 0 Å². The van der Waals surface area contributed by atoms with Crippen molar-refractivity contribution in [2.75, 3.05) is 12.4 Å². The summed E-state index contributed by atoms with van der Waals surface area (Å²) in [5, 5.41) is 13.8. The molecule has 0 fully saturated rings. The summed E-state index contributed by atoms with van der Waals surface area (Å²) < 4.78 is 6.09. The van der Waals surface area contributed by atoms with Crippen LogP contribution in [-0.4, -0.2) is 17.0 Å². The molecule has 7 heteroatoms. The van der Waals surface area contributed by atoms with Crippen molar-refractivity contribution in [3.63, 3.8) is 0 Å². The maximum atomic E-state index is 10.8. The number of benzene rings is 1. The zero-order chi connectivity index (χ0) is 14.7. The summed E-state index contributed by atoms with van der Waals surface area (Å²) >= 11 is 3.28. The highest BCUT2D eigenvalue weighted by molar-refractivity contribution is 9.10. The van der Waals surface area contributed by atoms with Gasteiger partial charge in [-0.3, -0.25) is 10.1 Å². The number of anilines is 1. The van der Waals surface area contributed by atoms with Crippen molar-refractivity contribution in [2.24, 2.45) is 0 Å². The topological polar surface area (TPSA) is 77.3 Å². The summed E-state index contributed by atoms with van der Waals surface area (Å²) in [6.07, 6.45) is 1.19. The second-order valence-corrected chi connectivity index (χ2v) is 4.81. The number of hydrogen-bond acceptors (Lipinski definition) is 5. The van der Waals surface area contributed by atoms with Gasteiger partial charge in [0.15, 0.2) is 0 Å². The van der Waals surface area contributed by atoms with Crippen LogP contribution in [0.5, 0.6) is 11.6 Å². The lowest BCUT2D eigenvalue weighted by Gasteiger charge is -2.09. The number of aromatic nitrogens is 1. The zero-order valence-electron chi connectivity index (χ0n) is 10.9. The summed E-state index contributed by atoms with van der Waals surface area (Å²) in [6.45, 7) is 1.64. The average Bonchev–Trinajstić information content (AvgIpc) is 2.44. The van der Waals surface area contributed by atoms with Gasteiger partial charge < -0.3 is 10.1 Å². The van der Waals surface area contributed by atoms with Crippen LogP contribution in [0.4, 0.5) is 11.4 Å². The Bertz CT molecular complexity index is 644. The molecule has 1 N–H and O–H groups in total. The Morgan fingerprint density at radius 1 is 1.35 bits per heavy atom. The summed E-state index contributed by atoms with van der Waals surface area (Å²) in [5.41, 5.74) is 1.39. The molecule has 0 radical (unpaired) electrons. The number of nitrogens with zero attached hydrogens (tertiary/aromatic N) is 2. The van der Waals surface area contributed by atoms with E-state index in [-0.39, 0.29) is 5.69 Å². The van der Waals surface area contributed by atoms with Gasteiger partial charge in [-0.2, -0.15) is 0 Å². The Morgan fingerprint density at radius 3 is 2.55 bits per heavy atom. The quantitative estimate of drug-likeness (QED) is 0.676. The molecule has 0 aliphatic heterocycles. The Kier molecular flexibility index (Phi) is 4.19. The van der Waals surface area contributed by atoms with Crippen LogP contribution in [0, 0.1) is 17.0 Å². The fraction of sp³-hybridized carbons (Fsp3) is 0.154. The van der Waals surface area contributed by atoms with E-state index in [2.05, 4.69) is 26.2 Å². The van der Waals surface area contributed by atoms with E-state index in [9.17, 15) is 10.1 Å². The number of ether oxygens (including phenoxy) is 1. The smallest absolute Gasteiger partial charge is 0.291 e. The second kappa shape index (κ2) is 5.87. The van der Waals surface area contributed by atoms with E-state index in [1.54, 1.807) is 19.1 Å². The first kappa shape index (κ1) is 14.3. The van der Waals surface area contributed by atoms with Crippen molar-refractivity contribution in [1.82, 2.24) is 4.98 Å². The van der Waals surface area contributed by atoms with Crippen molar-refractivity contribution in [1.29, 1.82) is 0 Å². The number of nitrogens with one attached hydrogen (secondary N) is 1. The minimum absolute atomic E-state index is 0.0465. The first-order valence-corrected chi connectivity index (χ1v) is 6.57. The van der Waals surface area contributed by atoms with E-state index in [1.165, 1.54) is 6.20 Å². The predicted octanol–water partition coefficient (Wildman–Crippen LogP) is 3.89. The fourth-order valence-corrected chi connectivity index (χ4v) is 1.99. The lowest BCUT2D eigenvalue weighted by Crippen LogP contribution is -1.97. The minimum atomic E-state index is -0.474. The van der Waals surface area contributed by atoms with Gasteiger partial charge in [0.1, 0.15) is 11.9 Å². The Balaban J connectivity index is 2.29. The molecule has 0 saturated carbocycles. The summed E-state index contributed by atoms with van der Waals surface area (Å²) in [5.74, 6) is 0.899. The van der Waals surface area contributed by atoms with E-state index >= 15 is 0 Å². The summed E-state index contributed by atoms with van der Waals surface area (Å²) in [4.78, 5) is 14.3. The molecule has 0 aliphatic carbocycles. The third kappa shape index (κ3) is 2.88. The molecule has 1 heterocycles. The van der Waals surface area contributed by atoms with Crippen LogP contribution in [0.2, 0.25) is 0 Å². The highest BCUT2D eigenvalue weighted by Gasteiger charge is 2.18. The first-order chi connectivity index (χ1) is 9.52. The lowest BCUT2D eigenvalue weighted by atomic mass is 10.2. The Morgan fingerprint density at radius 2 is 2.00 bits per heavy atom. The molecule has 0 saturated heterocycles. The van der Waals surface area contributed by atoms with Crippen LogP contribution in [0.3, 0.4) is 0 Å². The minimum Gasteiger partial charge on any atom is -0.438 e. The molecule has 20 heavy (non-hydrogen) atoms. The van der Waals surface area contributed by atoms with E-state index in [4.69, 9.17) is 4.74 Å². The van der Waals surface area contributed by atoms with Crippen molar-refractivity contribution >= 4 is 27.3 Å². The molecule has 1 aromatic carbocycles. The molecule has 0 spiro atoms. The second-order valence-electron chi connectivity index (χ2n) is 4.02. The molecular weight excluding hydrogens is 326 g/mol. The molecule has 0 unspecified atom stereocenters. The van der Waals surface area contributed by atoms with Crippen LogP contribution in [0.15, 0.2) is 34.9 Å². The van der Waals surface area contributed by atoms with Crippen molar-refractivity contribution in [3.05, 3.63) is 50.6 Å². The molecule has 0 atom stereocenters. The number of rotatable bonds is 4. The monoisotopic (exact) mass is 337 g/mol. The average molecular weight is 338 g/mol. The molecule has 1 aromatic heterocycles. The highest BCUT2D eigenvalue weighted by atomic mass is 79.9. The first-order valence-electron chi connectivity index (χ1n) is 5.78. The van der Waals surface area contributed by atoms with Gasteiger partial charge in [-0.15, -0.1) is 0 Å². The third-order valence-electron chi connectivity index (χ3n) is 2.76. The van der Waals surface area contributed by atoms with Crippen molar-refractivity contribution in [3.8, 4) is 11.6 Å².